The molecule has 0 spiro atoms. The van der Waals surface area contributed by atoms with E-state index in [0.29, 0.717) is 22.5 Å². The molecule has 1 aromatic heterocycles. The molecule has 4 heteroatoms. The molecule has 0 saturated heterocycles. The first kappa shape index (κ1) is 14.3. The average molecular weight is 295 g/mol. The Kier molecular flexibility index (Phi) is 4.81. The van der Waals surface area contributed by atoms with Gasteiger partial charge in [-0.15, -0.1) is 0 Å². The van der Waals surface area contributed by atoms with Crippen LogP contribution in [-0.4, -0.2) is 11.5 Å². The van der Waals surface area contributed by atoms with Gasteiger partial charge in [-0.3, -0.25) is 4.98 Å². The minimum atomic E-state index is 0.403. The SMILES string of the molecule is CC(CCN)c1cncc(-c2ccc(Cl)c(Cl)c2)c1. The number of aromatic nitrogens is 1. The first-order chi connectivity index (χ1) is 9.11. The molecule has 1 unspecified atom stereocenters. The molecule has 2 nitrogen and oxygen atoms in total. The lowest BCUT2D eigenvalue weighted by Gasteiger charge is -2.11. The molecule has 0 radical (unpaired) electrons. The van der Waals surface area contributed by atoms with Gasteiger partial charge in [-0.1, -0.05) is 36.2 Å². The molecule has 1 atom stereocenters. The average Bonchev–Trinajstić information content (AvgIpc) is 2.42. The number of hydrogen-bond donors (Lipinski definition) is 1. The molecule has 0 fully saturated rings. The van der Waals surface area contributed by atoms with Gasteiger partial charge in [0.05, 0.1) is 10.0 Å². The molecule has 1 aromatic carbocycles. The summed E-state index contributed by atoms with van der Waals surface area (Å²) in [5.41, 5.74) is 8.85. The van der Waals surface area contributed by atoms with Crippen molar-refractivity contribution in [2.75, 3.05) is 6.54 Å². The predicted octanol–water partition coefficient (Wildman–Crippen LogP) is 4.51. The maximum atomic E-state index is 6.05. The van der Waals surface area contributed by atoms with Crippen LogP contribution in [0.2, 0.25) is 10.0 Å². The summed E-state index contributed by atoms with van der Waals surface area (Å²) < 4.78 is 0. The summed E-state index contributed by atoms with van der Waals surface area (Å²) in [6.45, 7) is 2.83. The Balaban J connectivity index is 2.34. The third-order valence-corrected chi connectivity index (χ3v) is 3.92. The number of nitrogens with zero attached hydrogens (tertiary/aromatic N) is 1. The minimum absolute atomic E-state index is 0.403. The normalized spacial score (nSPS) is 12.4. The van der Waals surface area contributed by atoms with Crippen molar-refractivity contribution >= 4 is 23.2 Å². The highest BCUT2D eigenvalue weighted by Crippen LogP contribution is 2.29. The van der Waals surface area contributed by atoms with Crippen molar-refractivity contribution < 1.29 is 0 Å². The Morgan fingerprint density at radius 1 is 1.11 bits per heavy atom. The van der Waals surface area contributed by atoms with Crippen LogP contribution in [0.3, 0.4) is 0 Å². The largest absolute Gasteiger partial charge is 0.330 e. The van der Waals surface area contributed by atoms with Crippen LogP contribution in [0.15, 0.2) is 36.7 Å². The molecule has 1 heterocycles. The van der Waals surface area contributed by atoms with Crippen LogP contribution in [0.25, 0.3) is 11.1 Å². The monoisotopic (exact) mass is 294 g/mol. The summed E-state index contributed by atoms with van der Waals surface area (Å²) in [4.78, 5) is 4.30. The third kappa shape index (κ3) is 3.47. The number of rotatable bonds is 4. The summed E-state index contributed by atoms with van der Waals surface area (Å²) >= 11 is 12.0. The van der Waals surface area contributed by atoms with Gasteiger partial charge in [0.1, 0.15) is 0 Å². The molecule has 2 aromatic rings. The van der Waals surface area contributed by atoms with Crippen molar-refractivity contribution in [3.8, 4) is 11.1 Å². The molecule has 0 saturated carbocycles. The van der Waals surface area contributed by atoms with E-state index in [1.807, 2.05) is 24.5 Å². The van der Waals surface area contributed by atoms with Gasteiger partial charge in [0.25, 0.3) is 0 Å². The maximum Gasteiger partial charge on any atom is 0.0598 e. The second-order valence-electron chi connectivity index (χ2n) is 4.61. The molecule has 19 heavy (non-hydrogen) atoms. The molecule has 0 aliphatic carbocycles. The Morgan fingerprint density at radius 3 is 2.58 bits per heavy atom. The summed E-state index contributed by atoms with van der Waals surface area (Å²) in [5.74, 6) is 0.403. The van der Waals surface area contributed by atoms with Crippen molar-refractivity contribution in [2.45, 2.75) is 19.3 Å². The summed E-state index contributed by atoms with van der Waals surface area (Å²) in [7, 11) is 0. The van der Waals surface area contributed by atoms with Gasteiger partial charge in [0.15, 0.2) is 0 Å². The van der Waals surface area contributed by atoms with Crippen molar-refractivity contribution in [1.82, 2.24) is 4.98 Å². The van der Waals surface area contributed by atoms with Gasteiger partial charge in [-0.25, -0.2) is 0 Å². The van der Waals surface area contributed by atoms with Gasteiger partial charge in [0.2, 0.25) is 0 Å². The highest BCUT2D eigenvalue weighted by molar-refractivity contribution is 6.42. The fourth-order valence-corrected chi connectivity index (χ4v) is 2.28. The molecular formula is C15H16Cl2N2. The molecule has 2 N–H and O–H groups in total. The van der Waals surface area contributed by atoms with Crippen molar-refractivity contribution in [3.63, 3.8) is 0 Å². The van der Waals surface area contributed by atoms with Crippen molar-refractivity contribution in [2.24, 2.45) is 5.73 Å². The lowest BCUT2D eigenvalue weighted by Crippen LogP contribution is -2.04. The Bertz CT molecular complexity index is 570. The van der Waals surface area contributed by atoms with Crippen LogP contribution in [-0.2, 0) is 0 Å². The van der Waals surface area contributed by atoms with E-state index in [2.05, 4.69) is 18.0 Å². The lowest BCUT2D eigenvalue weighted by atomic mass is 9.96. The highest BCUT2D eigenvalue weighted by Gasteiger charge is 2.08. The predicted molar refractivity (Wildman–Crippen MR) is 81.8 cm³/mol. The number of hydrogen-bond acceptors (Lipinski definition) is 2. The van der Waals surface area contributed by atoms with Crippen LogP contribution in [0.4, 0.5) is 0 Å². The topological polar surface area (TPSA) is 38.9 Å². The fraction of sp³-hybridized carbons (Fsp3) is 0.267. The van der Waals surface area contributed by atoms with E-state index in [0.717, 1.165) is 17.5 Å². The standard InChI is InChI=1S/C15H16Cl2N2/c1-10(4-5-18)12-6-13(9-19-8-12)11-2-3-14(16)15(17)7-11/h2-3,6-10H,4-5,18H2,1H3. The van der Waals surface area contributed by atoms with Crippen LogP contribution in [0.1, 0.15) is 24.8 Å². The van der Waals surface area contributed by atoms with Crippen LogP contribution in [0.5, 0.6) is 0 Å². The Hall–Kier alpha value is -1.09. The van der Waals surface area contributed by atoms with Gasteiger partial charge >= 0.3 is 0 Å². The molecule has 0 amide bonds. The van der Waals surface area contributed by atoms with E-state index in [-0.39, 0.29) is 0 Å². The molecule has 2 rings (SSSR count). The molecular weight excluding hydrogens is 279 g/mol. The second-order valence-corrected chi connectivity index (χ2v) is 5.43. The zero-order valence-corrected chi connectivity index (χ0v) is 12.2. The first-order valence-electron chi connectivity index (χ1n) is 6.22. The number of halogens is 2. The van der Waals surface area contributed by atoms with Gasteiger partial charge < -0.3 is 5.73 Å². The van der Waals surface area contributed by atoms with Crippen molar-refractivity contribution in [1.29, 1.82) is 0 Å². The summed E-state index contributed by atoms with van der Waals surface area (Å²) in [6.07, 6.45) is 4.67. The molecule has 0 aliphatic heterocycles. The number of nitrogens with two attached hydrogens (primary N) is 1. The van der Waals surface area contributed by atoms with E-state index in [1.54, 1.807) is 6.07 Å². The number of benzene rings is 1. The minimum Gasteiger partial charge on any atom is -0.330 e. The summed E-state index contributed by atoms with van der Waals surface area (Å²) in [5, 5.41) is 1.12. The number of pyridine rings is 1. The maximum absolute atomic E-state index is 6.05. The van der Waals surface area contributed by atoms with Crippen LogP contribution >= 0.6 is 23.2 Å². The molecule has 0 bridgehead atoms. The molecule has 100 valence electrons. The third-order valence-electron chi connectivity index (χ3n) is 3.18. The Labute approximate surface area is 123 Å². The van der Waals surface area contributed by atoms with Gasteiger partial charge in [0, 0.05) is 18.0 Å². The Morgan fingerprint density at radius 2 is 1.89 bits per heavy atom. The van der Waals surface area contributed by atoms with E-state index in [4.69, 9.17) is 28.9 Å². The molecule has 0 aliphatic rings. The van der Waals surface area contributed by atoms with E-state index in [9.17, 15) is 0 Å². The van der Waals surface area contributed by atoms with Crippen molar-refractivity contribution in [3.05, 3.63) is 52.3 Å². The van der Waals surface area contributed by atoms with E-state index < -0.39 is 0 Å². The smallest absolute Gasteiger partial charge is 0.0598 e. The highest BCUT2D eigenvalue weighted by atomic mass is 35.5. The fourth-order valence-electron chi connectivity index (χ4n) is 1.98. The zero-order chi connectivity index (χ0) is 13.8. The van der Waals surface area contributed by atoms with Gasteiger partial charge in [-0.2, -0.15) is 0 Å². The lowest BCUT2D eigenvalue weighted by molar-refractivity contribution is 0.687. The zero-order valence-electron chi connectivity index (χ0n) is 10.7. The quantitative estimate of drug-likeness (QED) is 0.901. The van der Waals surface area contributed by atoms with E-state index in [1.165, 1.54) is 5.56 Å². The summed E-state index contributed by atoms with van der Waals surface area (Å²) in [6, 6.07) is 7.74. The first-order valence-corrected chi connectivity index (χ1v) is 6.98. The van der Waals surface area contributed by atoms with Crippen LogP contribution < -0.4 is 5.73 Å². The second kappa shape index (κ2) is 6.38. The van der Waals surface area contributed by atoms with Gasteiger partial charge in [-0.05, 0) is 48.2 Å². The van der Waals surface area contributed by atoms with Crippen LogP contribution in [0, 0.1) is 0 Å². The van der Waals surface area contributed by atoms with E-state index >= 15 is 0 Å².